The Labute approximate surface area is 210 Å². The zero-order valence-corrected chi connectivity index (χ0v) is 21.5. The predicted molar refractivity (Wildman–Crippen MR) is 133 cm³/mol. The second-order valence-electron chi connectivity index (χ2n) is 8.02. The molecule has 2 aromatic carbocycles. The highest BCUT2D eigenvalue weighted by Gasteiger charge is 2.39. The van der Waals surface area contributed by atoms with Crippen LogP contribution in [0.3, 0.4) is 0 Å². The first-order valence-electron chi connectivity index (χ1n) is 10.6. The van der Waals surface area contributed by atoms with Crippen molar-refractivity contribution in [2.45, 2.75) is 36.7 Å². The van der Waals surface area contributed by atoms with Gasteiger partial charge in [-0.2, -0.15) is 0 Å². The summed E-state index contributed by atoms with van der Waals surface area (Å²) in [5.74, 6) is -0.496. The fourth-order valence-corrected chi connectivity index (χ4v) is 6.53. The summed E-state index contributed by atoms with van der Waals surface area (Å²) in [6, 6.07) is 18.3. The molecule has 34 heavy (non-hydrogen) atoms. The van der Waals surface area contributed by atoms with Gasteiger partial charge in [0.25, 0.3) is 0 Å². The van der Waals surface area contributed by atoms with Crippen LogP contribution in [0.1, 0.15) is 28.5 Å². The van der Waals surface area contributed by atoms with Gasteiger partial charge in [-0.25, -0.2) is 22.8 Å². The van der Waals surface area contributed by atoms with Crippen molar-refractivity contribution in [3.63, 3.8) is 0 Å². The average Bonchev–Trinajstić information content (AvgIpc) is 3.39. The van der Waals surface area contributed by atoms with Crippen LogP contribution in [-0.4, -0.2) is 38.0 Å². The van der Waals surface area contributed by atoms with Crippen molar-refractivity contribution in [3.05, 3.63) is 86.5 Å². The number of cyclic esters (lactones) is 1. The number of hydrogen-bond donors (Lipinski definition) is 1. The quantitative estimate of drug-likeness (QED) is 0.425. The second-order valence-corrected chi connectivity index (χ2v) is 12.2. The van der Waals surface area contributed by atoms with Gasteiger partial charge in [0.15, 0.2) is 0 Å². The van der Waals surface area contributed by atoms with E-state index >= 15 is 0 Å². The number of amides is 2. The molecule has 0 unspecified atom stereocenters. The van der Waals surface area contributed by atoms with Gasteiger partial charge in [-0.3, -0.25) is 4.79 Å². The maximum Gasteiger partial charge on any atom is 0.416 e. The molecule has 1 aliphatic rings. The molecule has 2 atom stereocenters. The van der Waals surface area contributed by atoms with E-state index < -0.39 is 34.1 Å². The number of halogens is 1. The summed E-state index contributed by atoms with van der Waals surface area (Å²) in [5, 5.41) is 0. The van der Waals surface area contributed by atoms with Crippen LogP contribution >= 0.6 is 27.3 Å². The van der Waals surface area contributed by atoms with Crippen molar-refractivity contribution in [2.75, 3.05) is 6.61 Å². The summed E-state index contributed by atoms with van der Waals surface area (Å²) >= 11 is 4.72. The van der Waals surface area contributed by atoms with Gasteiger partial charge in [0.2, 0.25) is 15.9 Å². The van der Waals surface area contributed by atoms with Crippen LogP contribution in [0.2, 0.25) is 0 Å². The van der Waals surface area contributed by atoms with Crippen LogP contribution < -0.4 is 4.72 Å². The summed E-state index contributed by atoms with van der Waals surface area (Å²) < 4.78 is 34.8. The minimum Gasteiger partial charge on any atom is -0.447 e. The zero-order valence-electron chi connectivity index (χ0n) is 18.3. The molecule has 1 N–H and O–H groups in total. The number of hydrogen-bond acceptors (Lipinski definition) is 6. The number of nitrogens with one attached hydrogen (secondary N) is 1. The van der Waals surface area contributed by atoms with Gasteiger partial charge in [0.05, 0.1) is 20.8 Å². The highest BCUT2D eigenvalue weighted by atomic mass is 79.9. The van der Waals surface area contributed by atoms with E-state index in [-0.39, 0.29) is 17.9 Å². The SMILES string of the molecule is Cc1ccc(S(=O)(=O)N[C@@H](CC(=O)N2C(=O)OC[C@@H]2Cc2ccccc2)c2ccc(Br)s2)cc1. The van der Waals surface area contributed by atoms with Crippen LogP contribution in [0.5, 0.6) is 0 Å². The van der Waals surface area contributed by atoms with E-state index in [0.29, 0.717) is 11.3 Å². The number of nitrogens with zero attached hydrogens (tertiary/aromatic N) is 1. The number of rotatable bonds is 8. The number of carbonyl (C=O) groups excluding carboxylic acids is 2. The molecule has 1 saturated heterocycles. The first-order chi connectivity index (χ1) is 16.2. The number of imide groups is 1. The van der Waals surface area contributed by atoms with Gasteiger partial charge in [0, 0.05) is 11.3 Å². The highest BCUT2D eigenvalue weighted by molar-refractivity contribution is 9.11. The van der Waals surface area contributed by atoms with Gasteiger partial charge in [0.1, 0.15) is 6.61 Å². The van der Waals surface area contributed by atoms with Gasteiger partial charge in [-0.05, 0) is 59.1 Å². The minimum absolute atomic E-state index is 0.101. The van der Waals surface area contributed by atoms with Crippen LogP contribution in [0.15, 0.2) is 75.4 Å². The summed E-state index contributed by atoms with van der Waals surface area (Å²) in [6.07, 6.45) is -0.473. The molecule has 0 spiro atoms. The standard InChI is InChI=1S/C24H23BrN2O5S2/c1-16-7-9-19(10-8-16)34(30,31)26-20(21-11-12-22(25)33-21)14-23(28)27-18(15-32-24(27)29)13-17-5-3-2-4-6-17/h2-12,18,20,26H,13-15H2,1H3/t18-,20-/m0/s1. The van der Waals surface area contributed by atoms with E-state index in [2.05, 4.69) is 20.7 Å². The molecule has 2 amide bonds. The third kappa shape index (κ3) is 5.75. The van der Waals surface area contributed by atoms with Crippen molar-refractivity contribution in [1.29, 1.82) is 0 Å². The van der Waals surface area contributed by atoms with E-state index in [1.165, 1.54) is 23.5 Å². The molecular formula is C24H23BrN2O5S2. The predicted octanol–water partition coefficient (Wildman–Crippen LogP) is 4.82. The number of sulfonamides is 1. The van der Waals surface area contributed by atoms with E-state index in [4.69, 9.17) is 4.74 Å². The summed E-state index contributed by atoms with van der Waals surface area (Å²) in [6.45, 7) is 1.97. The van der Waals surface area contributed by atoms with Crippen LogP contribution in [0.25, 0.3) is 0 Å². The molecule has 1 aliphatic heterocycles. The Morgan fingerprint density at radius 2 is 1.85 bits per heavy atom. The van der Waals surface area contributed by atoms with Crippen molar-refractivity contribution < 1.29 is 22.7 Å². The summed E-state index contributed by atoms with van der Waals surface area (Å²) in [4.78, 5) is 27.6. The van der Waals surface area contributed by atoms with Crippen molar-refractivity contribution in [3.8, 4) is 0 Å². The molecule has 1 aromatic heterocycles. The van der Waals surface area contributed by atoms with Gasteiger partial charge in [-0.15, -0.1) is 11.3 Å². The molecule has 1 fully saturated rings. The van der Waals surface area contributed by atoms with E-state index in [1.807, 2.05) is 37.3 Å². The smallest absolute Gasteiger partial charge is 0.416 e. The van der Waals surface area contributed by atoms with Crippen LogP contribution in [0, 0.1) is 6.92 Å². The first-order valence-corrected chi connectivity index (χ1v) is 13.7. The van der Waals surface area contributed by atoms with Gasteiger partial charge in [-0.1, -0.05) is 48.0 Å². The molecule has 0 aliphatic carbocycles. The first kappa shape index (κ1) is 24.6. The molecule has 0 radical (unpaired) electrons. The maximum absolute atomic E-state index is 13.3. The number of carbonyl (C=O) groups is 2. The summed E-state index contributed by atoms with van der Waals surface area (Å²) in [7, 11) is -3.91. The topological polar surface area (TPSA) is 92.8 Å². The number of benzene rings is 2. The van der Waals surface area contributed by atoms with Crippen molar-refractivity contribution in [2.24, 2.45) is 0 Å². The van der Waals surface area contributed by atoms with Gasteiger partial charge < -0.3 is 4.74 Å². The minimum atomic E-state index is -3.91. The lowest BCUT2D eigenvalue weighted by atomic mass is 10.0. The molecule has 4 rings (SSSR count). The molecule has 0 saturated carbocycles. The highest BCUT2D eigenvalue weighted by Crippen LogP contribution is 2.32. The maximum atomic E-state index is 13.3. The van der Waals surface area contributed by atoms with E-state index in [9.17, 15) is 18.0 Å². The molecule has 10 heteroatoms. The van der Waals surface area contributed by atoms with Crippen LogP contribution in [-0.2, 0) is 26.0 Å². The van der Waals surface area contributed by atoms with E-state index in [0.717, 1.165) is 19.8 Å². The Bertz CT molecular complexity index is 1280. The normalized spacial score (nSPS) is 16.9. The third-order valence-corrected chi connectivity index (χ3v) is 8.71. The lowest BCUT2D eigenvalue weighted by molar-refractivity contribution is -0.129. The fraction of sp³-hybridized carbons (Fsp3) is 0.250. The second kappa shape index (κ2) is 10.4. The number of thiophene rings is 1. The Balaban J connectivity index is 1.56. The zero-order chi connectivity index (χ0) is 24.3. The molecule has 7 nitrogen and oxygen atoms in total. The third-order valence-electron chi connectivity index (χ3n) is 5.49. The lowest BCUT2D eigenvalue weighted by Crippen LogP contribution is -2.42. The molecular weight excluding hydrogens is 540 g/mol. The molecule has 2 heterocycles. The molecule has 0 bridgehead atoms. The summed E-state index contributed by atoms with van der Waals surface area (Å²) in [5.41, 5.74) is 1.91. The Kier molecular flexibility index (Phi) is 7.51. The molecule has 3 aromatic rings. The van der Waals surface area contributed by atoms with Crippen molar-refractivity contribution in [1.82, 2.24) is 9.62 Å². The lowest BCUT2D eigenvalue weighted by Gasteiger charge is -2.23. The van der Waals surface area contributed by atoms with E-state index in [1.54, 1.807) is 24.3 Å². The largest absolute Gasteiger partial charge is 0.447 e. The van der Waals surface area contributed by atoms with Crippen LogP contribution in [0.4, 0.5) is 4.79 Å². The Morgan fingerprint density at radius 1 is 1.15 bits per heavy atom. The average molecular weight is 563 g/mol. The number of ether oxygens (including phenoxy) is 1. The van der Waals surface area contributed by atoms with Gasteiger partial charge >= 0.3 is 6.09 Å². The van der Waals surface area contributed by atoms with Crippen molar-refractivity contribution >= 4 is 49.3 Å². The number of aryl methyl sites for hydroxylation is 1. The molecule has 178 valence electrons. The Hall–Kier alpha value is -2.53. The fourth-order valence-electron chi connectivity index (χ4n) is 3.76. The Morgan fingerprint density at radius 3 is 2.50 bits per heavy atom. The monoisotopic (exact) mass is 562 g/mol.